The van der Waals surface area contributed by atoms with E-state index in [1.54, 1.807) is 12.1 Å². The highest BCUT2D eigenvalue weighted by molar-refractivity contribution is 5.59. The fraction of sp³-hybridized carbons (Fsp3) is 0.0500. The molecule has 3 aromatic rings. The van der Waals surface area contributed by atoms with E-state index in [1.807, 2.05) is 30.5 Å². The maximum absolute atomic E-state index is 12.9. The van der Waals surface area contributed by atoms with E-state index >= 15 is 0 Å². The molecule has 0 aliphatic rings. The van der Waals surface area contributed by atoms with Gasteiger partial charge in [0.15, 0.2) is 0 Å². The Morgan fingerprint density at radius 1 is 0.864 bits per heavy atom. The molecule has 1 nitrogen and oxygen atoms in total. The van der Waals surface area contributed by atoms with Crippen LogP contribution in [0.4, 0.5) is 4.39 Å². The van der Waals surface area contributed by atoms with Crippen molar-refractivity contribution < 1.29 is 4.39 Å². The predicted octanol–water partition coefficient (Wildman–Crippen LogP) is 5.14. The Bertz CT molecular complexity index is 744. The minimum Gasteiger partial charge on any atom is -0.256 e. The van der Waals surface area contributed by atoms with E-state index in [0.717, 1.165) is 23.2 Å². The van der Waals surface area contributed by atoms with Crippen LogP contribution in [0.1, 0.15) is 11.1 Å². The Balaban J connectivity index is 1.67. The van der Waals surface area contributed by atoms with Crippen LogP contribution in [0.2, 0.25) is 0 Å². The van der Waals surface area contributed by atoms with Gasteiger partial charge in [-0.15, -0.1) is 0 Å². The number of hydrogen-bond acceptors (Lipinski definition) is 1. The second-order valence-corrected chi connectivity index (χ2v) is 5.08. The lowest BCUT2D eigenvalue weighted by Gasteiger charge is -2.02. The number of hydrogen-bond donors (Lipinski definition) is 0. The van der Waals surface area contributed by atoms with E-state index in [0.29, 0.717) is 0 Å². The number of allylic oxidation sites excluding steroid dienone is 1. The van der Waals surface area contributed by atoms with E-state index in [-0.39, 0.29) is 5.82 Å². The first-order valence-electron chi connectivity index (χ1n) is 7.24. The zero-order valence-electron chi connectivity index (χ0n) is 12.1. The van der Waals surface area contributed by atoms with Crippen molar-refractivity contribution in [3.8, 4) is 11.3 Å². The van der Waals surface area contributed by atoms with Crippen LogP contribution in [0.3, 0.4) is 0 Å². The van der Waals surface area contributed by atoms with Crippen LogP contribution in [-0.2, 0) is 6.42 Å². The highest BCUT2D eigenvalue weighted by Gasteiger charge is 1.99. The average Bonchev–Trinajstić information content (AvgIpc) is 2.57. The van der Waals surface area contributed by atoms with Gasteiger partial charge in [-0.1, -0.05) is 48.6 Å². The Morgan fingerprint density at radius 3 is 2.32 bits per heavy atom. The first kappa shape index (κ1) is 14.2. The molecule has 0 saturated heterocycles. The third-order valence-corrected chi connectivity index (χ3v) is 3.43. The molecule has 0 spiro atoms. The van der Waals surface area contributed by atoms with Crippen molar-refractivity contribution in [3.05, 3.63) is 95.9 Å². The van der Waals surface area contributed by atoms with Gasteiger partial charge in [-0.25, -0.2) is 4.39 Å². The number of nitrogens with zero attached hydrogens (tertiary/aromatic N) is 1. The van der Waals surface area contributed by atoms with Gasteiger partial charge in [0.25, 0.3) is 0 Å². The number of benzene rings is 2. The molecular weight excluding hydrogens is 273 g/mol. The van der Waals surface area contributed by atoms with Gasteiger partial charge in [0.05, 0.1) is 5.69 Å². The summed E-state index contributed by atoms with van der Waals surface area (Å²) in [5, 5.41) is 0. The SMILES string of the molecule is Fc1ccc(-c2ccc(CC=Cc3ccccc3)cn2)cc1. The largest absolute Gasteiger partial charge is 0.256 e. The van der Waals surface area contributed by atoms with Crippen molar-refractivity contribution in [1.82, 2.24) is 4.98 Å². The molecule has 2 heteroatoms. The van der Waals surface area contributed by atoms with Crippen molar-refractivity contribution in [2.75, 3.05) is 0 Å². The predicted molar refractivity (Wildman–Crippen MR) is 88.8 cm³/mol. The van der Waals surface area contributed by atoms with E-state index in [1.165, 1.54) is 17.7 Å². The molecule has 0 saturated carbocycles. The number of halogens is 1. The van der Waals surface area contributed by atoms with Crippen LogP contribution in [0.25, 0.3) is 17.3 Å². The molecule has 0 fully saturated rings. The molecule has 0 atom stereocenters. The third-order valence-electron chi connectivity index (χ3n) is 3.43. The van der Waals surface area contributed by atoms with Crippen LogP contribution in [0.15, 0.2) is 79.0 Å². The lowest BCUT2D eigenvalue weighted by atomic mass is 10.1. The van der Waals surface area contributed by atoms with Crippen LogP contribution in [-0.4, -0.2) is 4.98 Å². The summed E-state index contributed by atoms with van der Waals surface area (Å²) in [5.74, 6) is -0.230. The quantitative estimate of drug-likeness (QED) is 0.647. The monoisotopic (exact) mass is 289 g/mol. The molecule has 0 amide bonds. The maximum Gasteiger partial charge on any atom is 0.123 e. The van der Waals surface area contributed by atoms with Gasteiger partial charge in [0.2, 0.25) is 0 Å². The Morgan fingerprint density at radius 2 is 1.64 bits per heavy atom. The normalized spacial score (nSPS) is 11.0. The minimum absolute atomic E-state index is 0.230. The first-order valence-corrected chi connectivity index (χ1v) is 7.24. The highest BCUT2D eigenvalue weighted by Crippen LogP contribution is 2.17. The van der Waals surface area contributed by atoms with E-state index in [9.17, 15) is 4.39 Å². The Labute approximate surface area is 129 Å². The molecule has 0 aliphatic carbocycles. The number of rotatable bonds is 4. The minimum atomic E-state index is -0.230. The Hall–Kier alpha value is -2.74. The Kier molecular flexibility index (Phi) is 4.40. The summed E-state index contributed by atoms with van der Waals surface area (Å²) in [4.78, 5) is 4.45. The van der Waals surface area contributed by atoms with Crippen LogP contribution in [0, 0.1) is 5.82 Å². The van der Waals surface area contributed by atoms with Gasteiger partial charge in [-0.05, 0) is 47.9 Å². The summed E-state index contributed by atoms with van der Waals surface area (Å²) < 4.78 is 12.9. The molecule has 108 valence electrons. The summed E-state index contributed by atoms with van der Waals surface area (Å²) in [7, 11) is 0. The lowest BCUT2D eigenvalue weighted by Crippen LogP contribution is -1.87. The van der Waals surface area contributed by atoms with Crippen molar-refractivity contribution in [2.24, 2.45) is 0 Å². The second kappa shape index (κ2) is 6.81. The maximum atomic E-state index is 12.9. The molecule has 2 aromatic carbocycles. The van der Waals surface area contributed by atoms with Crippen LogP contribution < -0.4 is 0 Å². The standard InChI is InChI=1S/C20H16FN/c21-19-12-10-18(11-13-19)20-14-9-17(15-22-20)8-4-7-16-5-2-1-3-6-16/h1-7,9-15H,8H2. The fourth-order valence-corrected chi connectivity index (χ4v) is 2.23. The van der Waals surface area contributed by atoms with Gasteiger partial charge in [-0.2, -0.15) is 0 Å². The van der Waals surface area contributed by atoms with Crippen LogP contribution in [0.5, 0.6) is 0 Å². The van der Waals surface area contributed by atoms with Gasteiger partial charge in [-0.3, -0.25) is 4.98 Å². The fourth-order valence-electron chi connectivity index (χ4n) is 2.23. The summed E-state index contributed by atoms with van der Waals surface area (Å²) in [6.45, 7) is 0. The molecule has 1 heterocycles. The molecule has 0 bridgehead atoms. The lowest BCUT2D eigenvalue weighted by molar-refractivity contribution is 0.628. The highest BCUT2D eigenvalue weighted by atomic mass is 19.1. The zero-order chi connectivity index (χ0) is 15.2. The van der Waals surface area contributed by atoms with Gasteiger partial charge in [0, 0.05) is 11.8 Å². The molecule has 0 unspecified atom stereocenters. The summed E-state index contributed by atoms with van der Waals surface area (Å²) in [6, 6.07) is 20.6. The second-order valence-electron chi connectivity index (χ2n) is 5.08. The van der Waals surface area contributed by atoms with E-state index in [4.69, 9.17) is 0 Å². The van der Waals surface area contributed by atoms with Crippen molar-refractivity contribution >= 4 is 6.08 Å². The molecule has 22 heavy (non-hydrogen) atoms. The first-order chi connectivity index (χ1) is 10.8. The van der Waals surface area contributed by atoms with Crippen LogP contribution >= 0.6 is 0 Å². The molecular formula is C20H16FN. The summed E-state index contributed by atoms with van der Waals surface area (Å²) >= 11 is 0. The molecule has 0 N–H and O–H groups in total. The van der Waals surface area contributed by atoms with Gasteiger partial charge >= 0.3 is 0 Å². The van der Waals surface area contributed by atoms with E-state index in [2.05, 4.69) is 35.3 Å². The topological polar surface area (TPSA) is 12.9 Å². The molecule has 1 aromatic heterocycles. The molecule has 3 rings (SSSR count). The molecule has 0 aliphatic heterocycles. The number of aromatic nitrogens is 1. The van der Waals surface area contributed by atoms with Gasteiger partial charge < -0.3 is 0 Å². The van der Waals surface area contributed by atoms with E-state index < -0.39 is 0 Å². The molecule has 0 radical (unpaired) electrons. The summed E-state index contributed by atoms with van der Waals surface area (Å²) in [5.41, 5.74) is 4.13. The summed E-state index contributed by atoms with van der Waals surface area (Å²) in [6.07, 6.45) is 6.94. The van der Waals surface area contributed by atoms with Gasteiger partial charge in [0.1, 0.15) is 5.82 Å². The number of pyridine rings is 1. The smallest absolute Gasteiger partial charge is 0.123 e. The van der Waals surface area contributed by atoms with Crippen molar-refractivity contribution in [1.29, 1.82) is 0 Å². The van der Waals surface area contributed by atoms with Crippen molar-refractivity contribution in [2.45, 2.75) is 6.42 Å². The third kappa shape index (κ3) is 3.67. The zero-order valence-corrected chi connectivity index (χ0v) is 12.1. The van der Waals surface area contributed by atoms with Crippen molar-refractivity contribution in [3.63, 3.8) is 0 Å². The average molecular weight is 289 g/mol.